The lowest BCUT2D eigenvalue weighted by Crippen LogP contribution is -2.45. The predicted molar refractivity (Wildman–Crippen MR) is 77.1 cm³/mol. The summed E-state index contributed by atoms with van der Waals surface area (Å²) in [5.74, 6) is 1.95. The van der Waals surface area contributed by atoms with Gasteiger partial charge in [-0.1, -0.05) is 6.92 Å². The second kappa shape index (κ2) is 9.20. The fraction of sp³-hybridized carbons (Fsp3) is 0.929. The van der Waals surface area contributed by atoms with E-state index in [-0.39, 0.29) is 0 Å². The molecule has 1 fully saturated rings. The molecule has 1 heterocycles. The van der Waals surface area contributed by atoms with E-state index in [9.17, 15) is 0 Å². The van der Waals surface area contributed by atoms with E-state index in [1.165, 1.54) is 25.7 Å². The van der Waals surface area contributed by atoms with E-state index < -0.39 is 0 Å². The van der Waals surface area contributed by atoms with Gasteiger partial charge in [-0.3, -0.25) is 4.99 Å². The standard InChI is InChI=1S/C14H29N3O/c1-13-7-10-17(11-8-13)14(15-2)16-9-5-4-6-12-18-3/h13H,4-12H2,1-3H3,(H,15,16). The largest absolute Gasteiger partial charge is 0.385 e. The van der Waals surface area contributed by atoms with Gasteiger partial charge in [0.1, 0.15) is 0 Å². The van der Waals surface area contributed by atoms with Gasteiger partial charge in [0.2, 0.25) is 0 Å². The van der Waals surface area contributed by atoms with Gasteiger partial charge in [0, 0.05) is 40.4 Å². The lowest BCUT2D eigenvalue weighted by Gasteiger charge is -2.32. The molecule has 0 spiro atoms. The van der Waals surface area contributed by atoms with Crippen molar-refractivity contribution in [3.8, 4) is 0 Å². The maximum Gasteiger partial charge on any atom is 0.193 e. The van der Waals surface area contributed by atoms with Gasteiger partial charge >= 0.3 is 0 Å². The first-order valence-corrected chi connectivity index (χ1v) is 7.22. The zero-order chi connectivity index (χ0) is 13.2. The Hall–Kier alpha value is -0.770. The third kappa shape index (κ3) is 5.71. The quantitative estimate of drug-likeness (QED) is 0.449. The molecular weight excluding hydrogens is 226 g/mol. The Morgan fingerprint density at radius 2 is 2.00 bits per heavy atom. The summed E-state index contributed by atoms with van der Waals surface area (Å²) in [5.41, 5.74) is 0. The summed E-state index contributed by atoms with van der Waals surface area (Å²) < 4.78 is 5.04. The summed E-state index contributed by atoms with van der Waals surface area (Å²) in [6.07, 6.45) is 6.13. The van der Waals surface area contributed by atoms with Crippen molar-refractivity contribution < 1.29 is 4.74 Å². The maximum atomic E-state index is 5.04. The number of guanidine groups is 1. The maximum absolute atomic E-state index is 5.04. The van der Waals surface area contributed by atoms with E-state index in [0.29, 0.717) is 0 Å². The van der Waals surface area contributed by atoms with Crippen LogP contribution >= 0.6 is 0 Å². The summed E-state index contributed by atoms with van der Waals surface area (Å²) in [6.45, 7) is 6.51. The number of rotatable bonds is 6. The zero-order valence-corrected chi connectivity index (χ0v) is 12.2. The van der Waals surface area contributed by atoms with Crippen LogP contribution in [0.5, 0.6) is 0 Å². The fourth-order valence-electron chi connectivity index (χ4n) is 2.30. The molecule has 0 aliphatic carbocycles. The molecule has 0 bridgehead atoms. The summed E-state index contributed by atoms with van der Waals surface area (Å²) in [5, 5.41) is 3.47. The lowest BCUT2D eigenvalue weighted by molar-refractivity contribution is 0.192. The number of ether oxygens (including phenoxy) is 1. The number of nitrogens with one attached hydrogen (secondary N) is 1. The SMILES string of the molecule is CN=C(NCCCCCOC)N1CCC(C)CC1. The van der Waals surface area contributed by atoms with E-state index >= 15 is 0 Å². The topological polar surface area (TPSA) is 36.9 Å². The van der Waals surface area contributed by atoms with Crippen LogP contribution in [0.4, 0.5) is 0 Å². The Kier molecular flexibility index (Phi) is 7.81. The van der Waals surface area contributed by atoms with Crippen LogP contribution in [0.15, 0.2) is 4.99 Å². The van der Waals surface area contributed by atoms with Crippen LogP contribution in [0.3, 0.4) is 0 Å². The molecule has 18 heavy (non-hydrogen) atoms. The first-order valence-electron chi connectivity index (χ1n) is 7.22. The Morgan fingerprint density at radius 1 is 1.28 bits per heavy atom. The van der Waals surface area contributed by atoms with E-state index in [4.69, 9.17) is 4.74 Å². The van der Waals surface area contributed by atoms with Gasteiger partial charge in [0.15, 0.2) is 5.96 Å². The number of hydrogen-bond donors (Lipinski definition) is 1. The van der Waals surface area contributed by atoms with Gasteiger partial charge in [-0.15, -0.1) is 0 Å². The van der Waals surface area contributed by atoms with Crippen molar-refractivity contribution in [3.05, 3.63) is 0 Å². The summed E-state index contributed by atoms with van der Waals surface area (Å²) in [4.78, 5) is 6.76. The minimum Gasteiger partial charge on any atom is -0.385 e. The molecule has 4 heteroatoms. The van der Waals surface area contributed by atoms with Gasteiger partial charge in [-0.25, -0.2) is 0 Å². The second-order valence-electron chi connectivity index (χ2n) is 5.20. The number of hydrogen-bond acceptors (Lipinski definition) is 2. The number of likely N-dealkylation sites (tertiary alicyclic amines) is 1. The lowest BCUT2D eigenvalue weighted by atomic mass is 10.00. The molecule has 0 radical (unpaired) electrons. The Labute approximate surface area is 112 Å². The number of methoxy groups -OCH3 is 1. The van der Waals surface area contributed by atoms with Crippen molar-refractivity contribution >= 4 is 5.96 Å². The van der Waals surface area contributed by atoms with Crippen molar-refractivity contribution in [1.29, 1.82) is 0 Å². The highest BCUT2D eigenvalue weighted by molar-refractivity contribution is 5.79. The number of piperidine rings is 1. The van der Waals surface area contributed by atoms with Crippen LogP contribution in [0.25, 0.3) is 0 Å². The third-order valence-corrected chi connectivity index (χ3v) is 3.60. The van der Waals surface area contributed by atoms with Gasteiger partial charge in [-0.05, 0) is 38.0 Å². The van der Waals surface area contributed by atoms with Crippen LogP contribution < -0.4 is 5.32 Å². The highest BCUT2D eigenvalue weighted by Gasteiger charge is 2.17. The van der Waals surface area contributed by atoms with Crippen molar-refractivity contribution in [1.82, 2.24) is 10.2 Å². The highest BCUT2D eigenvalue weighted by atomic mass is 16.5. The van der Waals surface area contributed by atoms with E-state index in [0.717, 1.165) is 44.5 Å². The molecule has 0 aromatic rings. The average Bonchev–Trinajstić information content (AvgIpc) is 2.39. The molecule has 1 aliphatic heterocycles. The van der Waals surface area contributed by atoms with Crippen LogP contribution in [0.2, 0.25) is 0 Å². The smallest absolute Gasteiger partial charge is 0.193 e. The number of unbranched alkanes of at least 4 members (excludes halogenated alkanes) is 2. The molecule has 4 nitrogen and oxygen atoms in total. The summed E-state index contributed by atoms with van der Waals surface area (Å²) in [6, 6.07) is 0. The molecule has 0 aromatic carbocycles. The normalized spacial score (nSPS) is 18.2. The van der Waals surface area contributed by atoms with Crippen LogP contribution in [-0.2, 0) is 4.74 Å². The van der Waals surface area contributed by atoms with Crippen LogP contribution in [0.1, 0.15) is 39.0 Å². The van der Waals surface area contributed by atoms with Gasteiger partial charge in [0.25, 0.3) is 0 Å². The third-order valence-electron chi connectivity index (χ3n) is 3.60. The van der Waals surface area contributed by atoms with Crippen LogP contribution in [-0.4, -0.2) is 51.3 Å². The average molecular weight is 255 g/mol. The molecule has 1 rings (SSSR count). The van der Waals surface area contributed by atoms with Gasteiger partial charge in [-0.2, -0.15) is 0 Å². The van der Waals surface area contributed by atoms with Gasteiger partial charge < -0.3 is 15.0 Å². The summed E-state index contributed by atoms with van der Waals surface area (Å²) >= 11 is 0. The first kappa shape index (κ1) is 15.3. The molecule has 1 aliphatic rings. The molecule has 106 valence electrons. The van der Waals surface area contributed by atoms with Crippen molar-refractivity contribution in [2.24, 2.45) is 10.9 Å². The molecule has 0 aromatic heterocycles. The van der Waals surface area contributed by atoms with Crippen molar-refractivity contribution in [3.63, 3.8) is 0 Å². The number of aliphatic imine (C=N–C) groups is 1. The molecule has 0 saturated carbocycles. The Morgan fingerprint density at radius 3 is 2.61 bits per heavy atom. The predicted octanol–water partition coefficient (Wildman–Crippen LogP) is 2.11. The molecule has 1 N–H and O–H groups in total. The van der Waals surface area contributed by atoms with E-state index in [1.54, 1.807) is 7.11 Å². The number of nitrogens with zero attached hydrogens (tertiary/aromatic N) is 2. The Bertz CT molecular complexity index is 235. The first-order chi connectivity index (χ1) is 8.77. The molecular formula is C14H29N3O. The molecule has 0 amide bonds. The molecule has 0 atom stereocenters. The fourth-order valence-corrected chi connectivity index (χ4v) is 2.30. The second-order valence-corrected chi connectivity index (χ2v) is 5.20. The highest BCUT2D eigenvalue weighted by Crippen LogP contribution is 2.15. The Balaban J connectivity index is 2.14. The van der Waals surface area contributed by atoms with E-state index in [1.807, 2.05) is 7.05 Å². The molecule has 1 saturated heterocycles. The van der Waals surface area contributed by atoms with Crippen molar-refractivity contribution in [2.75, 3.05) is 40.4 Å². The summed E-state index contributed by atoms with van der Waals surface area (Å²) in [7, 11) is 3.64. The van der Waals surface area contributed by atoms with E-state index in [2.05, 4.69) is 22.1 Å². The minimum absolute atomic E-state index is 0.869. The minimum atomic E-state index is 0.869. The van der Waals surface area contributed by atoms with Gasteiger partial charge in [0.05, 0.1) is 0 Å². The zero-order valence-electron chi connectivity index (χ0n) is 12.2. The molecule has 0 unspecified atom stereocenters. The van der Waals surface area contributed by atoms with Crippen molar-refractivity contribution in [2.45, 2.75) is 39.0 Å². The monoisotopic (exact) mass is 255 g/mol. The van der Waals surface area contributed by atoms with Crippen LogP contribution in [0, 0.1) is 5.92 Å².